The lowest BCUT2D eigenvalue weighted by Crippen LogP contribution is -1.95. The third-order valence-electron chi connectivity index (χ3n) is 4.13. The number of hydrogen-bond donors (Lipinski definition) is 0. The van der Waals surface area contributed by atoms with Crippen LogP contribution in [0.4, 0.5) is 0 Å². The fraction of sp³-hybridized carbons (Fsp3) is 0.750. The van der Waals surface area contributed by atoms with E-state index in [9.17, 15) is 4.79 Å². The molecule has 0 aliphatic rings. The molecule has 0 saturated heterocycles. The van der Waals surface area contributed by atoms with E-state index in [4.69, 9.17) is 0 Å². The first kappa shape index (κ1) is 20.1. The molecular formula is C20H36O. The van der Waals surface area contributed by atoms with E-state index in [1.165, 1.54) is 43.3 Å². The molecular weight excluding hydrogens is 256 g/mol. The van der Waals surface area contributed by atoms with Gasteiger partial charge >= 0.3 is 0 Å². The van der Waals surface area contributed by atoms with Crippen molar-refractivity contribution in [2.24, 2.45) is 11.8 Å². The molecule has 21 heavy (non-hydrogen) atoms. The van der Waals surface area contributed by atoms with Gasteiger partial charge in [-0.3, -0.25) is 0 Å². The number of hydrogen-bond acceptors (Lipinski definition) is 1. The summed E-state index contributed by atoms with van der Waals surface area (Å²) in [5.41, 5.74) is 2.95. The van der Waals surface area contributed by atoms with Gasteiger partial charge in [-0.2, -0.15) is 0 Å². The summed E-state index contributed by atoms with van der Waals surface area (Å²) < 4.78 is 0. The summed E-state index contributed by atoms with van der Waals surface area (Å²) in [6.45, 7) is 11.1. The molecule has 0 amide bonds. The van der Waals surface area contributed by atoms with E-state index in [1.54, 1.807) is 0 Å². The molecule has 0 spiro atoms. The summed E-state index contributed by atoms with van der Waals surface area (Å²) in [5.74, 6) is 1.36. The third-order valence-corrected chi connectivity index (χ3v) is 4.13. The third kappa shape index (κ3) is 13.9. The predicted octanol–water partition coefficient (Wildman–Crippen LogP) is 6.49. The highest BCUT2D eigenvalue weighted by atomic mass is 16.1. The SMILES string of the molecule is CC(C)=CCCC(C)CCC/C(C)=C\CCC(C)CC=O. The van der Waals surface area contributed by atoms with E-state index in [-0.39, 0.29) is 0 Å². The second-order valence-electron chi connectivity index (χ2n) is 6.99. The first-order chi connectivity index (χ1) is 9.95. The molecule has 0 aromatic heterocycles. The number of aldehydes is 1. The Morgan fingerprint density at radius 1 is 0.905 bits per heavy atom. The molecule has 0 radical (unpaired) electrons. The van der Waals surface area contributed by atoms with Crippen LogP contribution in [0, 0.1) is 11.8 Å². The maximum absolute atomic E-state index is 10.4. The van der Waals surface area contributed by atoms with Gasteiger partial charge in [0.25, 0.3) is 0 Å². The van der Waals surface area contributed by atoms with E-state index in [1.807, 2.05) is 0 Å². The van der Waals surface area contributed by atoms with Crippen LogP contribution >= 0.6 is 0 Å². The highest BCUT2D eigenvalue weighted by Gasteiger charge is 2.02. The monoisotopic (exact) mass is 292 g/mol. The van der Waals surface area contributed by atoms with E-state index < -0.39 is 0 Å². The van der Waals surface area contributed by atoms with Crippen LogP contribution in [-0.2, 0) is 4.79 Å². The Morgan fingerprint density at radius 3 is 2.14 bits per heavy atom. The van der Waals surface area contributed by atoms with Crippen molar-refractivity contribution in [1.29, 1.82) is 0 Å². The van der Waals surface area contributed by atoms with Gasteiger partial charge in [-0.25, -0.2) is 0 Å². The molecule has 2 unspecified atom stereocenters. The second-order valence-corrected chi connectivity index (χ2v) is 6.99. The molecule has 0 aromatic rings. The molecule has 0 rings (SSSR count). The van der Waals surface area contributed by atoms with E-state index in [0.717, 1.165) is 25.0 Å². The lowest BCUT2D eigenvalue weighted by Gasteiger charge is -2.10. The molecule has 0 aliphatic carbocycles. The van der Waals surface area contributed by atoms with Gasteiger partial charge < -0.3 is 4.79 Å². The maximum Gasteiger partial charge on any atom is 0.120 e. The van der Waals surface area contributed by atoms with Crippen molar-refractivity contribution in [3.05, 3.63) is 23.3 Å². The fourth-order valence-electron chi connectivity index (χ4n) is 2.53. The van der Waals surface area contributed by atoms with Gasteiger partial charge in [0.1, 0.15) is 6.29 Å². The Labute approximate surface area is 132 Å². The maximum atomic E-state index is 10.4. The van der Waals surface area contributed by atoms with Gasteiger partial charge in [-0.15, -0.1) is 0 Å². The summed E-state index contributed by atoms with van der Waals surface area (Å²) in [6, 6.07) is 0. The van der Waals surface area contributed by atoms with Crippen LogP contribution in [-0.4, -0.2) is 6.29 Å². The van der Waals surface area contributed by atoms with Crippen molar-refractivity contribution < 1.29 is 4.79 Å². The largest absolute Gasteiger partial charge is 0.303 e. The van der Waals surface area contributed by atoms with Crippen LogP contribution < -0.4 is 0 Å². The average Bonchev–Trinajstić information content (AvgIpc) is 2.38. The molecule has 1 heteroatoms. The molecule has 0 saturated carbocycles. The van der Waals surface area contributed by atoms with E-state index in [2.05, 4.69) is 46.8 Å². The van der Waals surface area contributed by atoms with Crippen LogP contribution in [0.5, 0.6) is 0 Å². The van der Waals surface area contributed by atoms with Crippen molar-refractivity contribution in [1.82, 2.24) is 0 Å². The molecule has 0 bridgehead atoms. The normalized spacial score (nSPS) is 14.6. The minimum Gasteiger partial charge on any atom is -0.303 e. The highest BCUT2D eigenvalue weighted by molar-refractivity contribution is 5.49. The quantitative estimate of drug-likeness (QED) is 0.297. The molecule has 122 valence electrons. The highest BCUT2D eigenvalue weighted by Crippen LogP contribution is 2.18. The molecule has 1 nitrogen and oxygen atoms in total. The van der Waals surface area contributed by atoms with Crippen LogP contribution in [0.3, 0.4) is 0 Å². The molecule has 0 aromatic carbocycles. The van der Waals surface area contributed by atoms with Crippen LogP contribution in [0.2, 0.25) is 0 Å². The molecule has 0 heterocycles. The van der Waals surface area contributed by atoms with Crippen molar-refractivity contribution in [3.8, 4) is 0 Å². The van der Waals surface area contributed by atoms with Crippen LogP contribution in [0.1, 0.15) is 86.0 Å². The summed E-state index contributed by atoms with van der Waals surface area (Å²) in [6.07, 6.45) is 15.1. The lowest BCUT2D eigenvalue weighted by atomic mass is 9.96. The first-order valence-corrected chi connectivity index (χ1v) is 8.68. The Balaban J connectivity index is 3.70. The standard InChI is InChI=1S/C20H36O/c1-17(2)9-6-10-18(3)11-7-12-19(4)13-8-14-20(5)15-16-21/h9,13,16,18,20H,6-8,10-12,14-15H2,1-5H3/b19-13-. The van der Waals surface area contributed by atoms with Crippen LogP contribution in [0.25, 0.3) is 0 Å². The van der Waals surface area contributed by atoms with E-state index in [0.29, 0.717) is 12.3 Å². The van der Waals surface area contributed by atoms with Gasteiger partial charge in [0, 0.05) is 6.42 Å². The van der Waals surface area contributed by atoms with Crippen molar-refractivity contribution in [2.45, 2.75) is 86.0 Å². The summed E-state index contributed by atoms with van der Waals surface area (Å²) in [5, 5.41) is 0. The zero-order valence-corrected chi connectivity index (χ0v) is 15.0. The van der Waals surface area contributed by atoms with Gasteiger partial charge in [0.05, 0.1) is 0 Å². The Morgan fingerprint density at radius 2 is 1.52 bits per heavy atom. The van der Waals surface area contributed by atoms with Crippen molar-refractivity contribution >= 4 is 6.29 Å². The van der Waals surface area contributed by atoms with Gasteiger partial charge in [0.2, 0.25) is 0 Å². The smallest absolute Gasteiger partial charge is 0.120 e. The number of allylic oxidation sites excluding steroid dienone is 4. The van der Waals surface area contributed by atoms with Gasteiger partial charge in [-0.1, -0.05) is 43.6 Å². The Bertz CT molecular complexity index is 321. The predicted molar refractivity (Wildman–Crippen MR) is 94.5 cm³/mol. The number of rotatable bonds is 12. The molecule has 2 atom stereocenters. The van der Waals surface area contributed by atoms with Crippen molar-refractivity contribution in [2.75, 3.05) is 0 Å². The average molecular weight is 293 g/mol. The van der Waals surface area contributed by atoms with Crippen LogP contribution in [0.15, 0.2) is 23.3 Å². The first-order valence-electron chi connectivity index (χ1n) is 8.68. The van der Waals surface area contributed by atoms with E-state index >= 15 is 0 Å². The second kappa shape index (κ2) is 12.9. The molecule has 0 aliphatic heterocycles. The lowest BCUT2D eigenvalue weighted by molar-refractivity contribution is -0.108. The Kier molecular flexibility index (Phi) is 12.3. The zero-order chi connectivity index (χ0) is 16.1. The summed E-state index contributed by atoms with van der Waals surface area (Å²) in [7, 11) is 0. The summed E-state index contributed by atoms with van der Waals surface area (Å²) in [4.78, 5) is 10.4. The molecule has 0 N–H and O–H groups in total. The molecule has 0 fully saturated rings. The fourth-order valence-corrected chi connectivity index (χ4v) is 2.53. The number of carbonyl (C=O) groups excluding carboxylic acids is 1. The minimum absolute atomic E-state index is 0.529. The topological polar surface area (TPSA) is 17.1 Å². The zero-order valence-electron chi connectivity index (χ0n) is 15.0. The number of carbonyl (C=O) groups is 1. The van der Waals surface area contributed by atoms with Crippen molar-refractivity contribution in [3.63, 3.8) is 0 Å². The Hall–Kier alpha value is -0.850. The summed E-state index contributed by atoms with van der Waals surface area (Å²) >= 11 is 0. The van der Waals surface area contributed by atoms with Gasteiger partial charge in [-0.05, 0) is 71.1 Å². The minimum atomic E-state index is 0.529. The van der Waals surface area contributed by atoms with Gasteiger partial charge in [0.15, 0.2) is 0 Å².